The maximum atomic E-state index is 12.6. The third-order valence-electron chi connectivity index (χ3n) is 4.50. The molecule has 2 heterocycles. The first-order valence-corrected chi connectivity index (χ1v) is 10.8. The predicted octanol–water partition coefficient (Wildman–Crippen LogP) is 3.94. The fourth-order valence-corrected chi connectivity index (χ4v) is 4.05. The molecule has 0 atom stereocenters. The number of ether oxygens (including phenoxy) is 1. The number of Topliss-reactive ketones (excluding diaryl/α,β-unsaturated/α-hetero) is 1. The lowest BCUT2D eigenvalue weighted by atomic mass is 10.1. The Morgan fingerprint density at radius 1 is 1.13 bits per heavy atom. The van der Waals surface area contributed by atoms with Crippen LogP contribution in [0, 0.1) is 13.8 Å². The number of carbonyl (C=O) groups is 3. The van der Waals surface area contributed by atoms with Gasteiger partial charge in [-0.25, -0.2) is 9.48 Å². The van der Waals surface area contributed by atoms with Crippen molar-refractivity contribution in [1.29, 1.82) is 0 Å². The zero-order chi connectivity index (χ0) is 22.5. The van der Waals surface area contributed by atoms with E-state index in [-0.39, 0.29) is 22.4 Å². The summed E-state index contributed by atoms with van der Waals surface area (Å²) in [6, 6.07) is 11.3. The Bertz CT molecular complexity index is 1120. The summed E-state index contributed by atoms with van der Waals surface area (Å²) in [7, 11) is 0. The molecular weight excluding hydrogens is 438 g/mol. The first kappa shape index (κ1) is 22.7. The average molecular weight is 460 g/mol. The number of aryl methyl sites for hydroxylation is 2. The van der Waals surface area contributed by atoms with Crippen LogP contribution >= 0.6 is 22.9 Å². The molecule has 0 bridgehead atoms. The fraction of sp³-hybridized carbons (Fsp3) is 0.273. The Balaban J connectivity index is 1.62. The van der Waals surface area contributed by atoms with Crippen LogP contribution in [0.25, 0.3) is 0 Å². The van der Waals surface area contributed by atoms with Gasteiger partial charge in [0.05, 0.1) is 23.7 Å². The topological polar surface area (TPSA) is 90.3 Å². The van der Waals surface area contributed by atoms with Gasteiger partial charge in [0.25, 0.3) is 0 Å². The Morgan fingerprint density at radius 2 is 1.84 bits per heavy atom. The van der Waals surface area contributed by atoms with Crippen LogP contribution in [-0.2, 0) is 22.6 Å². The van der Waals surface area contributed by atoms with Gasteiger partial charge in [-0.1, -0.05) is 41.4 Å². The van der Waals surface area contributed by atoms with Crippen molar-refractivity contribution >= 4 is 40.6 Å². The summed E-state index contributed by atoms with van der Waals surface area (Å²) >= 11 is 7.63. The molecule has 7 nitrogen and oxygen atoms in total. The Kier molecular flexibility index (Phi) is 7.25. The van der Waals surface area contributed by atoms with E-state index in [2.05, 4.69) is 10.4 Å². The van der Waals surface area contributed by atoms with Crippen molar-refractivity contribution in [3.8, 4) is 0 Å². The van der Waals surface area contributed by atoms with Crippen molar-refractivity contribution in [1.82, 2.24) is 15.1 Å². The van der Waals surface area contributed by atoms with E-state index in [9.17, 15) is 14.4 Å². The summed E-state index contributed by atoms with van der Waals surface area (Å²) in [6.45, 7) is 5.46. The molecule has 0 aliphatic carbocycles. The molecule has 0 saturated carbocycles. The summed E-state index contributed by atoms with van der Waals surface area (Å²) in [6.07, 6.45) is 0. The number of nitrogens with zero attached hydrogens (tertiary/aromatic N) is 2. The number of benzene rings is 1. The quantitative estimate of drug-likeness (QED) is 0.407. The smallest absolute Gasteiger partial charge is 0.343 e. The van der Waals surface area contributed by atoms with Crippen molar-refractivity contribution in [2.24, 2.45) is 0 Å². The van der Waals surface area contributed by atoms with Gasteiger partial charge in [-0.15, -0.1) is 11.3 Å². The maximum absolute atomic E-state index is 12.6. The number of esters is 1. The second kappa shape index (κ2) is 9.89. The minimum Gasteiger partial charge on any atom is -0.454 e. The van der Waals surface area contributed by atoms with E-state index < -0.39 is 12.6 Å². The number of nitrogens with one attached hydrogen (secondary N) is 1. The highest BCUT2D eigenvalue weighted by Gasteiger charge is 2.23. The lowest BCUT2D eigenvalue weighted by molar-refractivity contribution is -0.119. The predicted molar refractivity (Wildman–Crippen MR) is 119 cm³/mol. The molecular formula is C22H22ClN3O4S. The molecule has 1 aromatic carbocycles. The van der Waals surface area contributed by atoms with Gasteiger partial charge in [0.15, 0.2) is 6.61 Å². The van der Waals surface area contributed by atoms with Crippen LogP contribution in [0.15, 0.2) is 36.4 Å². The molecule has 2 aromatic heterocycles. The second-order valence-electron chi connectivity index (χ2n) is 7.07. The number of aromatic nitrogens is 2. The van der Waals surface area contributed by atoms with E-state index in [1.54, 1.807) is 19.1 Å². The number of thiophene rings is 1. The average Bonchev–Trinajstić information content (AvgIpc) is 3.31. The summed E-state index contributed by atoms with van der Waals surface area (Å²) in [5.41, 5.74) is 2.73. The van der Waals surface area contributed by atoms with E-state index in [1.165, 1.54) is 22.9 Å². The number of rotatable bonds is 8. The summed E-state index contributed by atoms with van der Waals surface area (Å²) in [5, 5.41) is 7.18. The molecule has 0 aliphatic heterocycles. The Labute approximate surface area is 189 Å². The molecule has 3 aromatic rings. The van der Waals surface area contributed by atoms with Crippen LogP contribution in [0.4, 0.5) is 0 Å². The highest BCUT2D eigenvalue weighted by molar-refractivity contribution is 7.14. The van der Waals surface area contributed by atoms with Crippen LogP contribution in [-0.4, -0.2) is 34.0 Å². The summed E-state index contributed by atoms with van der Waals surface area (Å²) in [4.78, 5) is 37.2. The van der Waals surface area contributed by atoms with Crippen LogP contribution in [0.2, 0.25) is 5.15 Å². The van der Waals surface area contributed by atoms with Gasteiger partial charge in [0.2, 0.25) is 11.7 Å². The molecule has 0 fully saturated rings. The van der Waals surface area contributed by atoms with Crippen molar-refractivity contribution in [3.63, 3.8) is 0 Å². The van der Waals surface area contributed by atoms with Gasteiger partial charge in [0, 0.05) is 11.8 Å². The van der Waals surface area contributed by atoms with Crippen LogP contribution in [0.1, 0.15) is 48.7 Å². The molecule has 1 N–H and O–H groups in total. The van der Waals surface area contributed by atoms with E-state index in [0.29, 0.717) is 23.7 Å². The van der Waals surface area contributed by atoms with E-state index in [0.717, 1.165) is 16.0 Å². The molecule has 0 unspecified atom stereocenters. The standard InChI is InChI=1S/C22H22ClN3O4S/c1-13-4-6-16(7-5-13)11-26-21(23)20(14(2)25-26)22(29)30-12-18(28)19-9-8-17(31-19)10-24-15(3)27/h4-9H,10-12H2,1-3H3,(H,24,27). The molecule has 0 radical (unpaired) electrons. The van der Waals surface area contributed by atoms with E-state index in [4.69, 9.17) is 16.3 Å². The van der Waals surface area contributed by atoms with Gasteiger partial charge < -0.3 is 10.1 Å². The zero-order valence-corrected chi connectivity index (χ0v) is 19.0. The molecule has 0 saturated heterocycles. The molecule has 3 rings (SSSR count). The van der Waals surface area contributed by atoms with Gasteiger partial charge in [0.1, 0.15) is 10.7 Å². The zero-order valence-electron chi connectivity index (χ0n) is 17.4. The highest BCUT2D eigenvalue weighted by Crippen LogP contribution is 2.23. The lowest BCUT2D eigenvalue weighted by Gasteiger charge is -2.05. The van der Waals surface area contributed by atoms with Crippen molar-refractivity contribution in [3.05, 3.63) is 73.7 Å². The minimum atomic E-state index is -0.693. The van der Waals surface area contributed by atoms with Crippen molar-refractivity contribution in [2.45, 2.75) is 33.9 Å². The molecule has 0 spiro atoms. The minimum absolute atomic E-state index is 0.148. The number of hydrogen-bond acceptors (Lipinski definition) is 6. The fourth-order valence-electron chi connectivity index (χ4n) is 2.87. The van der Waals surface area contributed by atoms with Crippen LogP contribution < -0.4 is 5.32 Å². The van der Waals surface area contributed by atoms with E-state index in [1.807, 2.05) is 31.2 Å². The van der Waals surface area contributed by atoms with Crippen LogP contribution in [0.3, 0.4) is 0 Å². The monoisotopic (exact) mass is 459 g/mol. The van der Waals surface area contributed by atoms with Gasteiger partial charge in [-0.05, 0) is 31.5 Å². The summed E-state index contributed by atoms with van der Waals surface area (Å²) in [5.74, 6) is -1.17. The first-order chi connectivity index (χ1) is 14.7. The van der Waals surface area contributed by atoms with Gasteiger partial charge in [-0.3, -0.25) is 9.59 Å². The third kappa shape index (κ3) is 5.80. The first-order valence-electron chi connectivity index (χ1n) is 9.56. The number of amides is 1. The molecule has 162 valence electrons. The SMILES string of the molecule is CC(=O)NCc1ccc(C(=O)COC(=O)c2c(C)nn(Cc3ccc(C)cc3)c2Cl)s1. The molecule has 9 heteroatoms. The molecule has 31 heavy (non-hydrogen) atoms. The highest BCUT2D eigenvalue weighted by atomic mass is 35.5. The second-order valence-corrected chi connectivity index (χ2v) is 8.60. The van der Waals surface area contributed by atoms with Crippen molar-refractivity contribution < 1.29 is 19.1 Å². The Hall–Kier alpha value is -2.97. The summed E-state index contributed by atoms with van der Waals surface area (Å²) < 4.78 is 6.74. The van der Waals surface area contributed by atoms with Gasteiger partial charge >= 0.3 is 5.97 Å². The molecule has 1 amide bonds. The van der Waals surface area contributed by atoms with Crippen molar-refractivity contribution in [2.75, 3.05) is 6.61 Å². The normalized spacial score (nSPS) is 10.7. The lowest BCUT2D eigenvalue weighted by Crippen LogP contribution is -2.18. The van der Waals surface area contributed by atoms with Gasteiger partial charge in [-0.2, -0.15) is 5.10 Å². The number of ketones is 1. The number of hydrogen-bond donors (Lipinski definition) is 1. The third-order valence-corrected chi connectivity index (χ3v) is 6.02. The number of halogens is 1. The van der Waals surface area contributed by atoms with E-state index >= 15 is 0 Å². The van der Waals surface area contributed by atoms with Crippen LogP contribution in [0.5, 0.6) is 0 Å². The molecule has 0 aliphatic rings. The Morgan fingerprint density at radius 3 is 2.52 bits per heavy atom. The number of carbonyl (C=O) groups excluding carboxylic acids is 3. The maximum Gasteiger partial charge on any atom is 0.343 e. The largest absolute Gasteiger partial charge is 0.454 e.